The molecule has 1 fully saturated rings. The summed E-state index contributed by atoms with van der Waals surface area (Å²) in [6, 6.07) is 10.6. The van der Waals surface area contributed by atoms with Crippen molar-refractivity contribution in [1.29, 1.82) is 0 Å². The van der Waals surface area contributed by atoms with Gasteiger partial charge in [-0.2, -0.15) is 0 Å². The van der Waals surface area contributed by atoms with Gasteiger partial charge in [0.1, 0.15) is 5.82 Å². The highest BCUT2D eigenvalue weighted by Crippen LogP contribution is 2.29. The minimum atomic E-state index is -3.09. The van der Waals surface area contributed by atoms with Crippen molar-refractivity contribution < 1.29 is 12.8 Å². The number of pyridine rings is 1. The van der Waals surface area contributed by atoms with Gasteiger partial charge in [0.2, 0.25) is 10.0 Å². The summed E-state index contributed by atoms with van der Waals surface area (Å²) in [5.41, 5.74) is 3.17. The predicted octanol–water partition coefficient (Wildman–Crippen LogP) is 2.95. The monoisotopic (exact) mass is 348 g/mol. The summed E-state index contributed by atoms with van der Waals surface area (Å²) in [5.74, 6) is 0.121. The molecule has 6 heteroatoms. The lowest BCUT2D eigenvalue weighted by atomic mass is 9.90. The van der Waals surface area contributed by atoms with Gasteiger partial charge in [0, 0.05) is 31.4 Å². The third-order valence-corrected chi connectivity index (χ3v) is 5.84. The number of rotatable bonds is 4. The molecule has 0 N–H and O–H groups in total. The number of halogens is 1. The first kappa shape index (κ1) is 17.0. The maximum Gasteiger partial charge on any atom is 0.211 e. The maximum absolute atomic E-state index is 13.0. The van der Waals surface area contributed by atoms with Crippen LogP contribution in [0.3, 0.4) is 0 Å². The Morgan fingerprint density at radius 3 is 2.46 bits per heavy atom. The summed E-state index contributed by atoms with van der Waals surface area (Å²) >= 11 is 0. The van der Waals surface area contributed by atoms with Crippen molar-refractivity contribution in [1.82, 2.24) is 9.29 Å². The van der Waals surface area contributed by atoms with Crippen molar-refractivity contribution >= 4 is 10.0 Å². The summed E-state index contributed by atoms with van der Waals surface area (Å²) in [6.07, 6.45) is 5.38. The van der Waals surface area contributed by atoms with E-state index in [-0.39, 0.29) is 5.82 Å². The van der Waals surface area contributed by atoms with Gasteiger partial charge in [0.05, 0.1) is 6.26 Å². The molecule has 0 aliphatic carbocycles. The molecule has 2 heterocycles. The van der Waals surface area contributed by atoms with Gasteiger partial charge in [-0.05, 0) is 54.2 Å². The van der Waals surface area contributed by atoms with E-state index in [0.717, 1.165) is 24.1 Å². The van der Waals surface area contributed by atoms with E-state index in [0.29, 0.717) is 25.4 Å². The molecule has 0 radical (unpaired) electrons. The predicted molar refractivity (Wildman–Crippen MR) is 91.8 cm³/mol. The van der Waals surface area contributed by atoms with Gasteiger partial charge in [0.15, 0.2) is 0 Å². The van der Waals surface area contributed by atoms with Crippen LogP contribution in [0.5, 0.6) is 0 Å². The second kappa shape index (κ2) is 6.99. The molecule has 1 aliphatic rings. The van der Waals surface area contributed by atoms with E-state index in [1.807, 2.05) is 6.07 Å². The number of sulfonamides is 1. The standard InChI is InChI=1S/C18H21FN2O2S/c1-24(22,23)21-10-7-15(8-11-21)16-6-9-20-18(13-16)12-14-2-4-17(19)5-3-14/h2-6,9,13,15H,7-8,10-12H2,1H3. The van der Waals surface area contributed by atoms with Crippen LogP contribution in [0.25, 0.3) is 0 Å². The Bertz CT molecular complexity index is 798. The Morgan fingerprint density at radius 1 is 1.17 bits per heavy atom. The highest BCUT2D eigenvalue weighted by molar-refractivity contribution is 7.88. The average Bonchev–Trinajstić information content (AvgIpc) is 2.57. The molecule has 1 saturated heterocycles. The van der Waals surface area contributed by atoms with Gasteiger partial charge < -0.3 is 0 Å². The fraction of sp³-hybridized carbons (Fsp3) is 0.389. The summed E-state index contributed by atoms with van der Waals surface area (Å²) < 4.78 is 37.7. The molecule has 0 bridgehead atoms. The van der Waals surface area contributed by atoms with E-state index in [2.05, 4.69) is 11.1 Å². The Labute approximate surface area is 142 Å². The molecule has 2 aromatic rings. The molecule has 0 atom stereocenters. The smallest absolute Gasteiger partial charge is 0.211 e. The second-order valence-electron chi connectivity index (χ2n) is 6.32. The van der Waals surface area contributed by atoms with Crippen molar-refractivity contribution in [2.75, 3.05) is 19.3 Å². The zero-order valence-electron chi connectivity index (χ0n) is 13.7. The van der Waals surface area contributed by atoms with Crippen LogP contribution in [-0.4, -0.2) is 37.1 Å². The molecule has 4 nitrogen and oxygen atoms in total. The molecular formula is C18H21FN2O2S. The third kappa shape index (κ3) is 4.19. The quantitative estimate of drug-likeness (QED) is 0.854. The molecule has 0 saturated carbocycles. The van der Waals surface area contributed by atoms with Crippen molar-refractivity contribution in [2.24, 2.45) is 0 Å². The molecule has 1 aromatic heterocycles. The van der Waals surface area contributed by atoms with Crippen LogP contribution in [0.1, 0.15) is 35.6 Å². The molecule has 24 heavy (non-hydrogen) atoms. The van der Waals surface area contributed by atoms with E-state index in [1.165, 1.54) is 24.0 Å². The minimum Gasteiger partial charge on any atom is -0.261 e. The topological polar surface area (TPSA) is 50.3 Å². The number of aromatic nitrogens is 1. The third-order valence-electron chi connectivity index (χ3n) is 4.53. The van der Waals surface area contributed by atoms with Crippen LogP contribution in [-0.2, 0) is 16.4 Å². The largest absolute Gasteiger partial charge is 0.261 e. The van der Waals surface area contributed by atoms with Crippen molar-refractivity contribution in [3.63, 3.8) is 0 Å². The zero-order chi connectivity index (χ0) is 17.2. The minimum absolute atomic E-state index is 0.238. The van der Waals surface area contributed by atoms with E-state index in [4.69, 9.17) is 0 Å². The Kier molecular flexibility index (Phi) is 4.96. The SMILES string of the molecule is CS(=O)(=O)N1CCC(c2ccnc(Cc3ccc(F)cc3)c2)CC1. The maximum atomic E-state index is 13.0. The van der Waals surface area contributed by atoms with Gasteiger partial charge in [-0.25, -0.2) is 17.1 Å². The molecule has 0 unspecified atom stereocenters. The summed E-state index contributed by atoms with van der Waals surface area (Å²) in [5, 5.41) is 0. The lowest BCUT2D eigenvalue weighted by Gasteiger charge is -2.30. The van der Waals surface area contributed by atoms with Crippen LogP contribution in [0.4, 0.5) is 4.39 Å². The number of nitrogens with zero attached hydrogens (tertiary/aromatic N) is 2. The number of hydrogen-bond donors (Lipinski definition) is 0. The molecular weight excluding hydrogens is 327 g/mol. The summed E-state index contributed by atoms with van der Waals surface area (Å²) in [4.78, 5) is 4.41. The lowest BCUT2D eigenvalue weighted by Crippen LogP contribution is -2.37. The number of hydrogen-bond acceptors (Lipinski definition) is 3. The molecule has 128 valence electrons. The normalized spacial score (nSPS) is 17.1. The van der Waals surface area contributed by atoms with Crippen molar-refractivity contribution in [3.05, 3.63) is 65.2 Å². The Morgan fingerprint density at radius 2 is 1.83 bits per heavy atom. The summed E-state index contributed by atoms with van der Waals surface area (Å²) in [6.45, 7) is 1.14. The van der Waals surface area contributed by atoms with E-state index in [9.17, 15) is 12.8 Å². The lowest BCUT2D eigenvalue weighted by molar-refractivity contribution is 0.321. The van der Waals surface area contributed by atoms with E-state index in [1.54, 1.807) is 22.6 Å². The average molecular weight is 348 g/mol. The number of benzene rings is 1. The van der Waals surface area contributed by atoms with E-state index < -0.39 is 10.0 Å². The first-order valence-corrected chi connectivity index (χ1v) is 9.91. The van der Waals surface area contributed by atoms with Gasteiger partial charge in [-0.3, -0.25) is 4.98 Å². The van der Waals surface area contributed by atoms with Crippen molar-refractivity contribution in [2.45, 2.75) is 25.2 Å². The first-order valence-electron chi connectivity index (χ1n) is 8.06. The Hall–Kier alpha value is -1.79. The first-order chi connectivity index (χ1) is 11.4. The van der Waals surface area contributed by atoms with Crippen LogP contribution in [0, 0.1) is 5.82 Å². The number of piperidine rings is 1. The molecule has 1 aromatic carbocycles. The molecule has 0 amide bonds. The van der Waals surface area contributed by atoms with Crippen LogP contribution >= 0.6 is 0 Å². The fourth-order valence-corrected chi connectivity index (χ4v) is 4.05. The van der Waals surface area contributed by atoms with Gasteiger partial charge in [0.25, 0.3) is 0 Å². The summed E-state index contributed by atoms with van der Waals surface area (Å²) in [7, 11) is -3.09. The fourth-order valence-electron chi connectivity index (χ4n) is 3.18. The highest BCUT2D eigenvalue weighted by atomic mass is 32.2. The van der Waals surface area contributed by atoms with Gasteiger partial charge in [-0.1, -0.05) is 12.1 Å². The van der Waals surface area contributed by atoms with Crippen LogP contribution in [0.15, 0.2) is 42.6 Å². The highest BCUT2D eigenvalue weighted by Gasteiger charge is 2.25. The molecule has 1 aliphatic heterocycles. The van der Waals surface area contributed by atoms with Gasteiger partial charge >= 0.3 is 0 Å². The van der Waals surface area contributed by atoms with E-state index >= 15 is 0 Å². The zero-order valence-corrected chi connectivity index (χ0v) is 14.5. The van der Waals surface area contributed by atoms with Crippen LogP contribution in [0.2, 0.25) is 0 Å². The van der Waals surface area contributed by atoms with Crippen molar-refractivity contribution in [3.8, 4) is 0 Å². The second-order valence-corrected chi connectivity index (χ2v) is 8.30. The Balaban J connectivity index is 1.69. The molecule has 0 spiro atoms. The van der Waals surface area contributed by atoms with Gasteiger partial charge in [-0.15, -0.1) is 0 Å². The molecule has 3 rings (SSSR count). The van der Waals surface area contributed by atoms with Crippen LogP contribution < -0.4 is 0 Å².